The van der Waals surface area contributed by atoms with Crippen LogP contribution in [0.2, 0.25) is 0 Å². The maximum Gasteiger partial charge on any atom is 0.237 e. The SMILES string of the molecule is CC1C2CC(C(COCC(C(N)=O)N3CC4C(C)C4C3)C(N)=O)CC12. The van der Waals surface area contributed by atoms with Crippen molar-refractivity contribution in [1.82, 2.24) is 4.90 Å². The molecule has 1 heterocycles. The predicted octanol–water partition coefficient (Wildman–Crippen LogP) is 0.448. The van der Waals surface area contributed by atoms with Crippen LogP contribution in [0, 0.1) is 47.3 Å². The molecule has 0 spiro atoms. The van der Waals surface area contributed by atoms with Gasteiger partial charge in [0.05, 0.1) is 19.1 Å². The Labute approximate surface area is 149 Å². The van der Waals surface area contributed by atoms with Crippen LogP contribution < -0.4 is 11.5 Å². The number of nitrogens with zero attached hydrogens (tertiary/aromatic N) is 1. The monoisotopic (exact) mass is 349 g/mol. The highest BCUT2D eigenvalue weighted by Gasteiger charge is 2.55. The summed E-state index contributed by atoms with van der Waals surface area (Å²) >= 11 is 0. The first-order valence-corrected chi connectivity index (χ1v) is 9.78. The standard InChI is InChI=1S/C19H31N3O3/c1-9-12-3-11(4-13(9)12)16(18(20)23)7-25-8-17(19(21)24)22-5-14-10(2)15(14)6-22/h9-17H,3-8H2,1-2H3,(H2,20,23)(H2,21,24). The molecule has 3 aliphatic carbocycles. The maximum absolute atomic E-state index is 11.9. The number of hydrogen-bond acceptors (Lipinski definition) is 4. The molecule has 4 fully saturated rings. The first kappa shape index (κ1) is 17.3. The van der Waals surface area contributed by atoms with E-state index in [1.54, 1.807) is 0 Å². The molecule has 4 rings (SSSR count). The van der Waals surface area contributed by atoms with Gasteiger partial charge in [-0.1, -0.05) is 13.8 Å². The molecule has 1 aliphatic heterocycles. The number of carbonyl (C=O) groups excluding carboxylic acids is 2. The third-order valence-corrected chi connectivity index (χ3v) is 7.84. The van der Waals surface area contributed by atoms with Gasteiger partial charge in [0.2, 0.25) is 11.8 Å². The molecule has 0 aromatic carbocycles. The van der Waals surface area contributed by atoms with Crippen molar-refractivity contribution < 1.29 is 14.3 Å². The van der Waals surface area contributed by atoms with Crippen molar-refractivity contribution in [1.29, 1.82) is 0 Å². The van der Waals surface area contributed by atoms with Crippen LogP contribution in [0.3, 0.4) is 0 Å². The molecule has 0 aromatic rings. The van der Waals surface area contributed by atoms with E-state index < -0.39 is 0 Å². The molecule has 6 atom stereocenters. The summed E-state index contributed by atoms with van der Waals surface area (Å²) in [6.07, 6.45) is 2.19. The Morgan fingerprint density at radius 3 is 2.04 bits per heavy atom. The predicted molar refractivity (Wildman–Crippen MR) is 93.1 cm³/mol. The van der Waals surface area contributed by atoms with Crippen LogP contribution in [0.1, 0.15) is 26.7 Å². The van der Waals surface area contributed by atoms with Crippen LogP contribution in [0.4, 0.5) is 0 Å². The van der Waals surface area contributed by atoms with Crippen molar-refractivity contribution in [2.45, 2.75) is 32.7 Å². The molecule has 3 saturated carbocycles. The molecule has 4 N–H and O–H groups in total. The van der Waals surface area contributed by atoms with E-state index in [-0.39, 0.29) is 30.4 Å². The zero-order chi connectivity index (χ0) is 17.9. The molecular formula is C19H31N3O3. The number of amides is 2. The fraction of sp³-hybridized carbons (Fsp3) is 0.895. The third-order valence-electron chi connectivity index (χ3n) is 7.84. The Morgan fingerprint density at radius 1 is 0.960 bits per heavy atom. The lowest BCUT2D eigenvalue weighted by molar-refractivity contribution is -0.128. The highest BCUT2D eigenvalue weighted by atomic mass is 16.5. The second kappa shape index (κ2) is 6.23. The first-order valence-electron chi connectivity index (χ1n) is 9.78. The van der Waals surface area contributed by atoms with Crippen molar-refractivity contribution in [3.63, 3.8) is 0 Å². The highest BCUT2D eigenvalue weighted by Crippen LogP contribution is 2.60. The Hall–Kier alpha value is -1.14. The van der Waals surface area contributed by atoms with Gasteiger partial charge in [-0.05, 0) is 54.3 Å². The highest BCUT2D eigenvalue weighted by molar-refractivity contribution is 5.80. The summed E-state index contributed by atoms with van der Waals surface area (Å²) in [5.41, 5.74) is 11.2. The number of nitrogens with two attached hydrogens (primary N) is 2. The van der Waals surface area contributed by atoms with Crippen LogP contribution in [0.5, 0.6) is 0 Å². The Balaban J connectivity index is 1.27. The quantitative estimate of drug-likeness (QED) is 0.664. The fourth-order valence-corrected chi connectivity index (χ4v) is 5.77. The molecule has 0 radical (unpaired) electrons. The maximum atomic E-state index is 11.9. The van der Waals surface area contributed by atoms with Crippen LogP contribution in [-0.2, 0) is 14.3 Å². The number of primary amides is 2. The number of ether oxygens (including phenoxy) is 1. The van der Waals surface area contributed by atoms with E-state index in [4.69, 9.17) is 16.2 Å². The zero-order valence-electron chi connectivity index (χ0n) is 15.3. The molecule has 4 aliphatic rings. The minimum Gasteiger partial charge on any atom is -0.378 e. The van der Waals surface area contributed by atoms with E-state index in [9.17, 15) is 9.59 Å². The van der Waals surface area contributed by atoms with Crippen molar-refractivity contribution in [2.75, 3.05) is 26.3 Å². The molecule has 6 nitrogen and oxygen atoms in total. The normalized spacial score (nSPS) is 44.0. The molecule has 0 aromatic heterocycles. The summed E-state index contributed by atoms with van der Waals surface area (Å²) in [4.78, 5) is 25.9. The first-order chi connectivity index (χ1) is 11.9. The molecule has 140 valence electrons. The number of rotatable bonds is 8. The van der Waals surface area contributed by atoms with Crippen LogP contribution in [0.15, 0.2) is 0 Å². The summed E-state index contributed by atoms with van der Waals surface area (Å²) in [6, 6.07) is -0.384. The van der Waals surface area contributed by atoms with Gasteiger partial charge in [-0.2, -0.15) is 0 Å². The summed E-state index contributed by atoms with van der Waals surface area (Å²) in [6.45, 7) is 7.02. The van der Waals surface area contributed by atoms with Gasteiger partial charge in [-0.25, -0.2) is 0 Å². The van der Waals surface area contributed by atoms with E-state index in [0.29, 0.717) is 24.4 Å². The molecule has 0 bridgehead atoms. The average Bonchev–Trinajstić information content (AvgIpc) is 3.15. The molecule has 1 saturated heterocycles. The van der Waals surface area contributed by atoms with Gasteiger partial charge in [0.25, 0.3) is 0 Å². The van der Waals surface area contributed by atoms with Gasteiger partial charge >= 0.3 is 0 Å². The van der Waals surface area contributed by atoms with Crippen molar-refractivity contribution in [2.24, 2.45) is 58.8 Å². The largest absolute Gasteiger partial charge is 0.378 e. The third kappa shape index (κ3) is 3.08. The second-order valence-corrected chi connectivity index (χ2v) is 9.02. The molecule has 6 heteroatoms. The number of piperidine rings is 1. The van der Waals surface area contributed by atoms with E-state index in [1.165, 1.54) is 0 Å². The number of hydrogen-bond donors (Lipinski definition) is 2. The lowest BCUT2D eigenvalue weighted by Crippen LogP contribution is -2.48. The second-order valence-electron chi connectivity index (χ2n) is 9.02. The topological polar surface area (TPSA) is 98.7 Å². The van der Waals surface area contributed by atoms with Gasteiger partial charge in [-0.15, -0.1) is 0 Å². The Kier molecular flexibility index (Phi) is 4.31. The minimum atomic E-state index is -0.384. The average molecular weight is 349 g/mol. The minimum absolute atomic E-state index is 0.236. The molecule has 6 unspecified atom stereocenters. The van der Waals surface area contributed by atoms with E-state index >= 15 is 0 Å². The number of carbonyl (C=O) groups is 2. The Morgan fingerprint density at radius 2 is 1.52 bits per heavy atom. The Bertz CT molecular complexity index is 496. The van der Waals surface area contributed by atoms with Crippen molar-refractivity contribution in [3.8, 4) is 0 Å². The van der Waals surface area contributed by atoms with Gasteiger partial charge in [0, 0.05) is 13.1 Å². The van der Waals surface area contributed by atoms with Crippen molar-refractivity contribution in [3.05, 3.63) is 0 Å². The smallest absolute Gasteiger partial charge is 0.237 e. The fourth-order valence-electron chi connectivity index (χ4n) is 5.77. The number of likely N-dealkylation sites (tertiary alicyclic amines) is 1. The zero-order valence-corrected chi connectivity index (χ0v) is 15.3. The molecule has 25 heavy (non-hydrogen) atoms. The van der Waals surface area contributed by atoms with Crippen LogP contribution >= 0.6 is 0 Å². The van der Waals surface area contributed by atoms with Crippen molar-refractivity contribution >= 4 is 11.8 Å². The number of fused-ring (bicyclic) bond motifs is 2. The lowest BCUT2D eigenvalue weighted by Gasteiger charge is -2.28. The lowest BCUT2D eigenvalue weighted by atomic mass is 9.87. The summed E-state index contributed by atoms with van der Waals surface area (Å²) in [5.74, 6) is 4.09. The van der Waals surface area contributed by atoms with Crippen LogP contribution in [0.25, 0.3) is 0 Å². The van der Waals surface area contributed by atoms with Gasteiger partial charge in [0.1, 0.15) is 6.04 Å². The van der Waals surface area contributed by atoms with E-state index in [2.05, 4.69) is 18.7 Å². The summed E-state index contributed by atoms with van der Waals surface area (Å²) in [7, 11) is 0. The van der Waals surface area contributed by atoms with Crippen LogP contribution in [-0.4, -0.2) is 49.1 Å². The summed E-state index contributed by atoms with van der Waals surface area (Å²) < 4.78 is 5.82. The van der Waals surface area contributed by atoms with E-state index in [1.807, 2.05) is 0 Å². The van der Waals surface area contributed by atoms with Gasteiger partial charge in [-0.3, -0.25) is 14.5 Å². The van der Waals surface area contributed by atoms with E-state index in [0.717, 1.165) is 49.6 Å². The van der Waals surface area contributed by atoms with Gasteiger partial charge < -0.3 is 16.2 Å². The summed E-state index contributed by atoms with van der Waals surface area (Å²) in [5, 5.41) is 0. The van der Waals surface area contributed by atoms with Gasteiger partial charge in [0.15, 0.2) is 0 Å². The molecular weight excluding hydrogens is 318 g/mol. The molecule has 2 amide bonds.